The molecule has 0 aliphatic heterocycles. The van der Waals surface area contributed by atoms with Crippen molar-refractivity contribution >= 4 is 33.1 Å². The minimum atomic E-state index is -0.532. The maximum atomic E-state index is 13.7. The van der Waals surface area contributed by atoms with E-state index in [2.05, 4.69) is 36.4 Å². The second-order valence-electron chi connectivity index (χ2n) is 8.57. The molecule has 1 N–H and O–H groups in total. The van der Waals surface area contributed by atoms with Crippen molar-refractivity contribution < 1.29 is 9.18 Å². The van der Waals surface area contributed by atoms with Crippen molar-refractivity contribution in [1.29, 1.82) is 0 Å². The van der Waals surface area contributed by atoms with Gasteiger partial charge < -0.3 is 5.32 Å². The number of para-hydroxylation sites is 1. The molecule has 0 fully saturated rings. The van der Waals surface area contributed by atoms with E-state index in [9.17, 15) is 14.0 Å². The number of carbonyl (C=O) groups excluding carboxylic acids is 1. The summed E-state index contributed by atoms with van der Waals surface area (Å²) in [5.41, 5.74) is 1.02. The van der Waals surface area contributed by atoms with E-state index in [4.69, 9.17) is 0 Å². The van der Waals surface area contributed by atoms with Crippen LogP contribution in [0, 0.1) is 17.2 Å². The number of amides is 1. The summed E-state index contributed by atoms with van der Waals surface area (Å²) >= 11 is 1.53. The quantitative estimate of drug-likeness (QED) is 0.708. The van der Waals surface area contributed by atoms with Crippen molar-refractivity contribution in [2.24, 2.45) is 11.3 Å². The zero-order valence-corrected chi connectivity index (χ0v) is 17.5. The van der Waals surface area contributed by atoms with Crippen LogP contribution < -0.4 is 10.9 Å². The van der Waals surface area contributed by atoms with Crippen LogP contribution in [-0.4, -0.2) is 20.9 Å². The second-order valence-corrected chi connectivity index (χ2v) is 9.65. The molecule has 0 radical (unpaired) electrons. The molecule has 1 aliphatic rings. The van der Waals surface area contributed by atoms with E-state index in [-0.39, 0.29) is 23.2 Å². The molecule has 3 aromatic rings. The number of fused-ring (bicyclic) bond motifs is 3. The minimum absolute atomic E-state index is 0.0701. The van der Waals surface area contributed by atoms with Crippen LogP contribution in [0.1, 0.15) is 37.6 Å². The van der Waals surface area contributed by atoms with Crippen molar-refractivity contribution in [2.45, 2.75) is 46.6 Å². The molecule has 29 heavy (non-hydrogen) atoms. The number of rotatable bonds is 3. The molecule has 1 amide bonds. The Kier molecular flexibility index (Phi) is 4.98. The molecule has 0 bridgehead atoms. The van der Waals surface area contributed by atoms with Crippen LogP contribution >= 0.6 is 11.3 Å². The first-order valence-electron chi connectivity index (χ1n) is 9.66. The number of hydrogen-bond donors (Lipinski definition) is 1. The summed E-state index contributed by atoms with van der Waals surface area (Å²) in [5.74, 6) is -0.498. The maximum Gasteiger partial charge on any atom is 0.279 e. The standard InChI is InChI=1S/C21H23FN4O2S/c1-21(2,3)12-8-9-13-16(10-12)29-19-18(13)20(28)26(25-24-19)11-17(27)23-15-7-5-4-6-14(15)22/h4-7,12H,8-11H2,1-3H3,(H,23,27)/t12-/m1/s1. The smallest absolute Gasteiger partial charge is 0.279 e. The van der Waals surface area contributed by atoms with Gasteiger partial charge >= 0.3 is 0 Å². The summed E-state index contributed by atoms with van der Waals surface area (Å²) in [6.07, 6.45) is 2.80. The number of nitrogens with zero attached hydrogens (tertiary/aromatic N) is 3. The highest BCUT2D eigenvalue weighted by atomic mass is 32.1. The van der Waals surface area contributed by atoms with Crippen LogP contribution in [0.2, 0.25) is 0 Å². The van der Waals surface area contributed by atoms with Crippen LogP contribution in [0.4, 0.5) is 10.1 Å². The van der Waals surface area contributed by atoms with Gasteiger partial charge in [-0.1, -0.05) is 38.1 Å². The highest BCUT2D eigenvalue weighted by Crippen LogP contribution is 2.41. The van der Waals surface area contributed by atoms with Crippen molar-refractivity contribution in [3.8, 4) is 0 Å². The third-order valence-electron chi connectivity index (χ3n) is 5.60. The molecule has 2 heterocycles. The van der Waals surface area contributed by atoms with Gasteiger partial charge in [-0.2, -0.15) is 0 Å². The fraction of sp³-hybridized carbons (Fsp3) is 0.429. The van der Waals surface area contributed by atoms with Gasteiger partial charge in [0.05, 0.1) is 11.1 Å². The van der Waals surface area contributed by atoms with Crippen molar-refractivity contribution in [3.05, 3.63) is 50.9 Å². The number of aryl methyl sites for hydroxylation is 1. The number of halogens is 1. The highest BCUT2D eigenvalue weighted by Gasteiger charge is 2.32. The lowest BCUT2D eigenvalue weighted by Gasteiger charge is -2.33. The Morgan fingerprint density at radius 2 is 2.10 bits per heavy atom. The van der Waals surface area contributed by atoms with Gasteiger partial charge in [0, 0.05) is 4.88 Å². The normalized spacial score (nSPS) is 16.6. The van der Waals surface area contributed by atoms with Crippen LogP contribution in [0.5, 0.6) is 0 Å². The maximum absolute atomic E-state index is 13.7. The summed E-state index contributed by atoms with van der Waals surface area (Å²) in [6.45, 7) is 6.43. The molecule has 0 spiro atoms. The average Bonchev–Trinajstić information content (AvgIpc) is 3.03. The van der Waals surface area contributed by atoms with Crippen molar-refractivity contribution in [2.75, 3.05) is 5.32 Å². The Labute approximate surface area is 171 Å². The van der Waals surface area contributed by atoms with Crippen LogP contribution in [0.15, 0.2) is 29.1 Å². The monoisotopic (exact) mass is 414 g/mol. The van der Waals surface area contributed by atoms with E-state index in [1.54, 1.807) is 12.1 Å². The zero-order valence-electron chi connectivity index (χ0n) is 16.7. The zero-order chi connectivity index (χ0) is 20.8. The molecule has 1 aliphatic carbocycles. The van der Waals surface area contributed by atoms with E-state index in [1.807, 2.05) is 0 Å². The number of nitrogens with one attached hydrogen (secondary N) is 1. The molecule has 0 saturated carbocycles. The van der Waals surface area contributed by atoms with Gasteiger partial charge in [-0.15, -0.1) is 16.4 Å². The fourth-order valence-electron chi connectivity index (χ4n) is 3.86. The van der Waals surface area contributed by atoms with E-state index in [0.717, 1.165) is 29.5 Å². The molecule has 1 atom stereocenters. The first kappa shape index (κ1) is 19.7. The molecule has 2 aromatic heterocycles. The van der Waals surface area contributed by atoms with Gasteiger partial charge in [-0.3, -0.25) is 9.59 Å². The predicted molar refractivity (Wildman–Crippen MR) is 112 cm³/mol. The topological polar surface area (TPSA) is 76.9 Å². The molecule has 0 saturated heterocycles. The average molecular weight is 415 g/mol. The van der Waals surface area contributed by atoms with E-state index < -0.39 is 11.7 Å². The van der Waals surface area contributed by atoms with Crippen molar-refractivity contribution in [3.63, 3.8) is 0 Å². The number of aromatic nitrogens is 3. The second kappa shape index (κ2) is 7.33. The number of benzene rings is 1. The third kappa shape index (κ3) is 3.81. The Morgan fingerprint density at radius 1 is 1.34 bits per heavy atom. The Hall–Kier alpha value is -2.61. The lowest BCUT2D eigenvalue weighted by Crippen LogP contribution is -2.31. The molecule has 1 aromatic carbocycles. The van der Waals surface area contributed by atoms with Gasteiger partial charge in [0.2, 0.25) is 5.91 Å². The van der Waals surface area contributed by atoms with Gasteiger partial charge in [0.25, 0.3) is 5.56 Å². The van der Waals surface area contributed by atoms with Crippen molar-refractivity contribution in [1.82, 2.24) is 15.0 Å². The summed E-state index contributed by atoms with van der Waals surface area (Å²) < 4.78 is 14.8. The molecular weight excluding hydrogens is 391 g/mol. The summed E-state index contributed by atoms with van der Waals surface area (Å²) in [6, 6.07) is 5.89. The first-order chi connectivity index (χ1) is 13.7. The van der Waals surface area contributed by atoms with Gasteiger partial charge in [-0.05, 0) is 48.3 Å². The lowest BCUT2D eigenvalue weighted by molar-refractivity contribution is -0.117. The van der Waals surface area contributed by atoms with Gasteiger partial charge in [0.1, 0.15) is 12.4 Å². The Balaban J connectivity index is 1.61. The summed E-state index contributed by atoms with van der Waals surface area (Å²) in [7, 11) is 0. The van der Waals surface area contributed by atoms with Gasteiger partial charge in [0.15, 0.2) is 4.83 Å². The minimum Gasteiger partial charge on any atom is -0.322 e. The van der Waals surface area contributed by atoms with Crippen LogP contribution in [0.3, 0.4) is 0 Å². The Bertz CT molecular complexity index is 1150. The summed E-state index contributed by atoms with van der Waals surface area (Å²) in [4.78, 5) is 27.1. The molecular formula is C21H23FN4O2S. The van der Waals surface area contributed by atoms with E-state index in [1.165, 1.54) is 28.3 Å². The first-order valence-corrected chi connectivity index (χ1v) is 10.5. The molecule has 152 valence electrons. The number of hydrogen-bond acceptors (Lipinski definition) is 5. The highest BCUT2D eigenvalue weighted by molar-refractivity contribution is 7.18. The number of thiophene rings is 1. The largest absolute Gasteiger partial charge is 0.322 e. The SMILES string of the molecule is CC(C)(C)[C@@H]1CCc2c(sc3nnn(CC(=O)Nc4ccccc4F)c(=O)c23)C1. The van der Waals surface area contributed by atoms with E-state index in [0.29, 0.717) is 16.1 Å². The van der Waals surface area contributed by atoms with Crippen LogP contribution in [0.25, 0.3) is 10.2 Å². The molecule has 8 heteroatoms. The van der Waals surface area contributed by atoms with Crippen LogP contribution in [-0.2, 0) is 24.2 Å². The number of anilines is 1. The molecule has 0 unspecified atom stereocenters. The number of carbonyl (C=O) groups is 1. The third-order valence-corrected chi connectivity index (χ3v) is 6.74. The summed E-state index contributed by atoms with van der Waals surface area (Å²) in [5, 5.41) is 11.2. The molecule has 4 rings (SSSR count). The van der Waals surface area contributed by atoms with E-state index >= 15 is 0 Å². The molecule has 6 nitrogen and oxygen atoms in total. The fourth-order valence-corrected chi connectivity index (χ4v) is 5.09. The predicted octanol–water partition coefficient (Wildman–Crippen LogP) is 3.78. The van der Waals surface area contributed by atoms with Gasteiger partial charge in [-0.25, -0.2) is 9.07 Å². The Morgan fingerprint density at radius 3 is 2.83 bits per heavy atom. The lowest BCUT2D eigenvalue weighted by atomic mass is 9.72.